The number of unbranched alkanes of at least 4 members (excludes halogenated alkanes) is 1. The van der Waals surface area contributed by atoms with Gasteiger partial charge in [0.2, 0.25) is 0 Å². The molecule has 0 atom stereocenters. The molecule has 0 saturated carbocycles. The summed E-state index contributed by atoms with van der Waals surface area (Å²) < 4.78 is 1.97. The van der Waals surface area contributed by atoms with Gasteiger partial charge in [0.15, 0.2) is 0 Å². The first-order valence-corrected chi connectivity index (χ1v) is 5.76. The number of nitrogens with zero attached hydrogens (tertiary/aromatic N) is 2. The van der Waals surface area contributed by atoms with Gasteiger partial charge in [-0.3, -0.25) is 0 Å². The van der Waals surface area contributed by atoms with Crippen molar-refractivity contribution < 1.29 is 0 Å². The zero-order valence-corrected chi connectivity index (χ0v) is 10.3. The second-order valence-electron chi connectivity index (χ2n) is 2.89. The van der Waals surface area contributed by atoms with Crippen LogP contribution in [0, 0.1) is 0 Å². The predicted octanol–water partition coefficient (Wildman–Crippen LogP) is 4.17. The summed E-state index contributed by atoms with van der Waals surface area (Å²) in [5, 5.41) is 0. The van der Waals surface area contributed by atoms with Crippen molar-refractivity contribution in [2.45, 2.75) is 40.5 Å². The van der Waals surface area contributed by atoms with Crippen LogP contribution in [0.3, 0.4) is 0 Å². The van der Waals surface area contributed by atoms with E-state index in [2.05, 4.69) is 18.8 Å². The lowest BCUT2D eigenvalue weighted by Gasteiger charge is -1.86. The molecule has 2 rings (SSSR count). The second kappa shape index (κ2) is 9.25. The molecule has 0 spiro atoms. The Balaban J connectivity index is 0.000000282. The van der Waals surface area contributed by atoms with Crippen LogP contribution in [0.25, 0.3) is 5.65 Å². The van der Waals surface area contributed by atoms with Crippen molar-refractivity contribution in [2.75, 3.05) is 0 Å². The van der Waals surface area contributed by atoms with Crippen molar-refractivity contribution >= 4 is 5.65 Å². The topological polar surface area (TPSA) is 17.3 Å². The van der Waals surface area contributed by atoms with E-state index in [1.807, 2.05) is 48.8 Å². The number of aromatic nitrogens is 2. The normalized spacial score (nSPS) is 8.53. The SMILES string of the molecule is CC.CCCC.c1ccn2ccnc2c1. The highest BCUT2D eigenvalue weighted by atomic mass is 15.0. The monoisotopic (exact) mass is 206 g/mol. The third-order valence-corrected chi connectivity index (χ3v) is 1.80. The zero-order valence-electron chi connectivity index (χ0n) is 10.3. The van der Waals surface area contributed by atoms with Crippen molar-refractivity contribution in [3.05, 3.63) is 36.8 Å². The van der Waals surface area contributed by atoms with Crippen LogP contribution < -0.4 is 0 Å². The van der Waals surface area contributed by atoms with Crippen LogP contribution in [-0.2, 0) is 0 Å². The molecular formula is C13H22N2. The Labute approximate surface area is 93.0 Å². The number of rotatable bonds is 1. The van der Waals surface area contributed by atoms with Gasteiger partial charge in [0, 0.05) is 18.6 Å². The van der Waals surface area contributed by atoms with Crippen molar-refractivity contribution in [1.29, 1.82) is 0 Å². The highest BCUT2D eigenvalue weighted by Crippen LogP contribution is 1.96. The second-order valence-corrected chi connectivity index (χ2v) is 2.89. The third kappa shape index (κ3) is 5.21. The van der Waals surface area contributed by atoms with Crippen molar-refractivity contribution in [3.63, 3.8) is 0 Å². The zero-order chi connectivity index (χ0) is 11.5. The lowest BCUT2D eigenvalue weighted by Crippen LogP contribution is -1.77. The van der Waals surface area contributed by atoms with Gasteiger partial charge in [-0.05, 0) is 12.1 Å². The summed E-state index contributed by atoms with van der Waals surface area (Å²) in [4.78, 5) is 4.08. The van der Waals surface area contributed by atoms with Gasteiger partial charge < -0.3 is 4.40 Å². The fourth-order valence-corrected chi connectivity index (χ4v) is 0.864. The van der Waals surface area contributed by atoms with E-state index in [1.165, 1.54) is 12.8 Å². The molecule has 0 aromatic carbocycles. The van der Waals surface area contributed by atoms with Gasteiger partial charge in [0.25, 0.3) is 0 Å². The maximum atomic E-state index is 4.08. The largest absolute Gasteiger partial charge is 0.307 e. The summed E-state index contributed by atoms with van der Waals surface area (Å²) in [6.45, 7) is 8.36. The smallest absolute Gasteiger partial charge is 0.136 e. The Morgan fingerprint density at radius 2 is 1.73 bits per heavy atom. The standard InChI is InChI=1S/C7H6N2.C4H10.C2H6/c1-2-5-9-6-4-8-7(9)3-1;1-3-4-2;1-2/h1-6H;3-4H2,1-2H3;1-2H3. The van der Waals surface area contributed by atoms with E-state index in [1.54, 1.807) is 6.20 Å². The molecule has 0 N–H and O–H groups in total. The molecule has 0 bridgehead atoms. The molecule has 0 saturated heterocycles. The first-order chi connectivity index (χ1) is 7.38. The molecule has 0 aliphatic rings. The molecule has 2 aromatic rings. The van der Waals surface area contributed by atoms with Gasteiger partial charge in [0.1, 0.15) is 5.65 Å². The van der Waals surface area contributed by atoms with E-state index in [-0.39, 0.29) is 0 Å². The van der Waals surface area contributed by atoms with Crippen LogP contribution in [0.1, 0.15) is 40.5 Å². The molecule has 0 aliphatic carbocycles. The van der Waals surface area contributed by atoms with Gasteiger partial charge in [0.05, 0.1) is 0 Å². The lowest BCUT2D eigenvalue weighted by molar-refractivity contribution is 0.886. The minimum absolute atomic E-state index is 0.998. The average Bonchev–Trinajstić information content (AvgIpc) is 2.80. The molecule has 0 aliphatic heterocycles. The molecule has 0 fully saturated rings. The number of hydrogen-bond acceptors (Lipinski definition) is 1. The fraction of sp³-hybridized carbons (Fsp3) is 0.462. The van der Waals surface area contributed by atoms with Crippen LogP contribution in [0.4, 0.5) is 0 Å². The van der Waals surface area contributed by atoms with E-state index in [9.17, 15) is 0 Å². The van der Waals surface area contributed by atoms with Gasteiger partial charge in [-0.2, -0.15) is 0 Å². The minimum Gasteiger partial charge on any atom is -0.307 e. The summed E-state index contributed by atoms with van der Waals surface area (Å²) in [5.74, 6) is 0. The average molecular weight is 206 g/mol. The maximum absolute atomic E-state index is 4.08. The summed E-state index contributed by atoms with van der Waals surface area (Å²) in [7, 11) is 0. The molecule has 15 heavy (non-hydrogen) atoms. The van der Waals surface area contributed by atoms with Crippen LogP contribution in [0.15, 0.2) is 36.8 Å². The fourth-order valence-electron chi connectivity index (χ4n) is 0.864. The molecule has 2 aromatic heterocycles. The number of fused-ring (bicyclic) bond motifs is 1. The van der Waals surface area contributed by atoms with Crippen LogP contribution in [-0.4, -0.2) is 9.38 Å². The van der Waals surface area contributed by atoms with E-state index in [0.717, 1.165) is 5.65 Å². The highest BCUT2D eigenvalue weighted by molar-refractivity contribution is 5.36. The molecular weight excluding hydrogens is 184 g/mol. The predicted molar refractivity (Wildman–Crippen MR) is 67.1 cm³/mol. The summed E-state index contributed by atoms with van der Waals surface area (Å²) >= 11 is 0. The third-order valence-electron chi connectivity index (χ3n) is 1.80. The van der Waals surface area contributed by atoms with Crippen molar-refractivity contribution in [3.8, 4) is 0 Å². The van der Waals surface area contributed by atoms with E-state index in [0.29, 0.717) is 0 Å². The molecule has 0 unspecified atom stereocenters. The van der Waals surface area contributed by atoms with E-state index < -0.39 is 0 Å². The Morgan fingerprint density at radius 3 is 2.27 bits per heavy atom. The summed E-state index contributed by atoms with van der Waals surface area (Å²) in [5.41, 5.74) is 0.998. The van der Waals surface area contributed by atoms with Crippen LogP contribution >= 0.6 is 0 Å². The first kappa shape index (κ1) is 13.7. The Bertz CT molecular complexity index is 307. The summed E-state index contributed by atoms with van der Waals surface area (Å²) in [6.07, 6.45) is 8.33. The Hall–Kier alpha value is -1.31. The summed E-state index contributed by atoms with van der Waals surface area (Å²) in [6, 6.07) is 5.93. The molecule has 2 heterocycles. The number of hydrogen-bond donors (Lipinski definition) is 0. The molecule has 0 radical (unpaired) electrons. The first-order valence-electron chi connectivity index (χ1n) is 5.76. The Morgan fingerprint density at radius 1 is 1.07 bits per heavy atom. The Kier molecular flexibility index (Phi) is 8.44. The highest BCUT2D eigenvalue weighted by Gasteiger charge is 1.85. The maximum Gasteiger partial charge on any atom is 0.136 e. The lowest BCUT2D eigenvalue weighted by atomic mass is 10.4. The van der Waals surface area contributed by atoms with Crippen LogP contribution in [0.5, 0.6) is 0 Å². The molecule has 2 nitrogen and oxygen atoms in total. The quantitative estimate of drug-likeness (QED) is 0.684. The van der Waals surface area contributed by atoms with Crippen molar-refractivity contribution in [2.24, 2.45) is 0 Å². The molecule has 2 heteroatoms. The van der Waals surface area contributed by atoms with Gasteiger partial charge in [-0.25, -0.2) is 4.98 Å². The minimum atomic E-state index is 0.998. The molecule has 84 valence electrons. The van der Waals surface area contributed by atoms with Gasteiger partial charge in [-0.1, -0.05) is 46.6 Å². The van der Waals surface area contributed by atoms with Gasteiger partial charge in [-0.15, -0.1) is 0 Å². The van der Waals surface area contributed by atoms with E-state index >= 15 is 0 Å². The van der Waals surface area contributed by atoms with Crippen LogP contribution in [0.2, 0.25) is 0 Å². The van der Waals surface area contributed by atoms with Crippen molar-refractivity contribution in [1.82, 2.24) is 9.38 Å². The van der Waals surface area contributed by atoms with Gasteiger partial charge >= 0.3 is 0 Å². The van der Waals surface area contributed by atoms with E-state index in [4.69, 9.17) is 0 Å². The number of pyridine rings is 1. The molecule has 0 amide bonds. The number of imidazole rings is 1.